The van der Waals surface area contributed by atoms with E-state index in [9.17, 15) is 13.2 Å². The molecule has 0 radical (unpaired) electrons. The summed E-state index contributed by atoms with van der Waals surface area (Å²) in [5, 5.41) is 9.06. The van der Waals surface area contributed by atoms with Crippen LogP contribution < -0.4 is 0 Å². The molecule has 5 nitrogen and oxygen atoms in total. The zero-order valence-electron chi connectivity index (χ0n) is 9.41. The molecule has 1 aromatic heterocycles. The molecule has 0 aliphatic carbocycles. The summed E-state index contributed by atoms with van der Waals surface area (Å²) in [6.45, 7) is 0. The molecule has 1 N–H and O–H groups in total. The van der Waals surface area contributed by atoms with Gasteiger partial charge in [-0.15, -0.1) is 11.3 Å². The van der Waals surface area contributed by atoms with Crippen molar-refractivity contribution in [2.75, 3.05) is 0 Å². The molecule has 1 heterocycles. The van der Waals surface area contributed by atoms with Gasteiger partial charge in [-0.1, -0.05) is 15.9 Å². The van der Waals surface area contributed by atoms with Crippen molar-refractivity contribution in [1.82, 2.24) is 4.98 Å². The highest BCUT2D eigenvalue weighted by Gasteiger charge is 2.23. The second-order valence-electron chi connectivity index (χ2n) is 3.67. The highest BCUT2D eigenvalue weighted by Crippen LogP contribution is 2.25. The van der Waals surface area contributed by atoms with Gasteiger partial charge in [-0.3, -0.25) is 4.98 Å². The third-order valence-electron chi connectivity index (χ3n) is 2.32. The van der Waals surface area contributed by atoms with Gasteiger partial charge in [0.1, 0.15) is 0 Å². The lowest BCUT2D eigenvalue weighted by atomic mass is 10.2. The largest absolute Gasteiger partial charge is 0.478 e. The number of carbonyl (C=O) groups is 1. The number of aromatic nitrogens is 1. The fourth-order valence-electron chi connectivity index (χ4n) is 1.51. The maximum atomic E-state index is 12.3. The molecule has 0 bridgehead atoms. The minimum absolute atomic E-state index is 0.192. The fourth-order valence-corrected chi connectivity index (χ4v) is 4.54. The monoisotopic (exact) mass is 361 g/mol. The van der Waals surface area contributed by atoms with Crippen molar-refractivity contribution < 1.29 is 18.3 Å². The standard InChI is InChI=1S/C11H8BrNO4S2/c12-7-1-2-9(11(14)15)10(3-7)19(16,17)5-8-4-13-6-18-8/h1-4,6H,5H2,(H,14,15). The van der Waals surface area contributed by atoms with Crippen LogP contribution in [0.1, 0.15) is 15.2 Å². The van der Waals surface area contributed by atoms with Crippen LogP contribution in [0.4, 0.5) is 0 Å². The number of hydrogen-bond acceptors (Lipinski definition) is 5. The Kier molecular flexibility index (Phi) is 4.02. The maximum absolute atomic E-state index is 12.3. The van der Waals surface area contributed by atoms with Gasteiger partial charge in [0.05, 0.1) is 21.7 Å². The Labute approximate surface area is 122 Å². The Bertz CT molecular complexity index is 710. The predicted octanol–water partition coefficient (Wildman–Crippen LogP) is 2.58. The van der Waals surface area contributed by atoms with Gasteiger partial charge in [-0.05, 0) is 18.2 Å². The average Bonchev–Trinajstić information content (AvgIpc) is 2.80. The van der Waals surface area contributed by atoms with Crippen molar-refractivity contribution in [2.24, 2.45) is 0 Å². The van der Waals surface area contributed by atoms with Crippen LogP contribution in [0.15, 0.2) is 39.3 Å². The molecule has 0 aliphatic rings. The van der Waals surface area contributed by atoms with Gasteiger partial charge < -0.3 is 5.11 Å². The molecule has 100 valence electrons. The molecule has 0 saturated heterocycles. The van der Waals surface area contributed by atoms with Crippen molar-refractivity contribution >= 4 is 43.1 Å². The maximum Gasteiger partial charge on any atom is 0.337 e. The quantitative estimate of drug-likeness (QED) is 0.904. The first-order valence-corrected chi connectivity index (χ1v) is 8.35. The molecule has 0 spiro atoms. The van der Waals surface area contributed by atoms with E-state index in [2.05, 4.69) is 20.9 Å². The Morgan fingerprint density at radius 2 is 2.16 bits per heavy atom. The van der Waals surface area contributed by atoms with Gasteiger partial charge in [-0.25, -0.2) is 13.2 Å². The first kappa shape index (κ1) is 14.2. The summed E-state index contributed by atoms with van der Waals surface area (Å²) in [6.07, 6.45) is 1.46. The Morgan fingerprint density at radius 1 is 1.42 bits per heavy atom. The number of halogens is 1. The van der Waals surface area contributed by atoms with E-state index < -0.39 is 15.8 Å². The van der Waals surface area contributed by atoms with E-state index in [4.69, 9.17) is 5.11 Å². The Hall–Kier alpha value is -1.25. The molecule has 0 atom stereocenters. The summed E-state index contributed by atoms with van der Waals surface area (Å²) in [5.41, 5.74) is 1.30. The summed E-state index contributed by atoms with van der Waals surface area (Å²) in [5.74, 6) is -1.52. The van der Waals surface area contributed by atoms with Crippen LogP contribution in [0.5, 0.6) is 0 Å². The lowest BCUT2D eigenvalue weighted by Gasteiger charge is -2.07. The van der Waals surface area contributed by atoms with Crippen molar-refractivity contribution in [3.8, 4) is 0 Å². The molecule has 0 fully saturated rings. The smallest absolute Gasteiger partial charge is 0.337 e. The van der Waals surface area contributed by atoms with E-state index in [1.54, 1.807) is 0 Å². The molecule has 0 unspecified atom stereocenters. The van der Waals surface area contributed by atoms with Crippen LogP contribution in [0.25, 0.3) is 0 Å². The number of carboxylic acid groups (broad SMARTS) is 1. The number of nitrogens with zero attached hydrogens (tertiary/aromatic N) is 1. The molecule has 0 amide bonds. The summed E-state index contributed by atoms with van der Waals surface area (Å²) in [6, 6.07) is 4.07. The van der Waals surface area contributed by atoms with E-state index >= 15 is 0 Å². The molecule has 2 aromatic rings. The molecule has 8 heteroatoms. The second kappa shape index (κ2) is 5.40. The second-order valence-corrected chi connectivity index (χ2v) is 7.52. The first-order chi connectivity index (χ1) is 8.90. The zero-order valence-corrected chi connectivity index (χ0v) is 12.6. The van der Waals surface area contributed by atoms with E-state index in [-0.39, 0.29) is 16.2 Å². The number of sulfone groups is 1. The molecule has 0 saturated carbocycles. The number of rotatable bonds is 4. The minimum Gasteiger partial charge on any atom is -0.478 e. The third kappa shape index (κ3) is 3.20. The molecule has 0 aliphatic heterocycles. The lowest BCUT2D eigenvalue weighted by Crippen LogP contribution is -2.10. The number of benzene rings is 1. The molecular formula is C11H8BrNO4S2. The summed E-state index contributed by atoms with van der Waals surface area (Å²) >= 11 is 4.36. The zero-order chi connectivity index (χ0) is 14.0. The highest BCUT2D eigenvalue weighted by molar-refractivity contribution is 9.10. The molecule has 2 rings (SSSR count). The van der Waals surface area contributed by atoms with Gasteiger partial charge in [-0.2, -0.15) is 0 Å². The lowest BCUT2D eigenvalue weighted by molar-refractivity contribution is 0.0692. The van der Waals surface area contributed by atoms with Gasteiger partial charge in [0.15, 0.2) is 9.84 Å². The number of carboxylic acids is 1. The number of hydrogen-bond donors (Lipinski definition) is 1. The Balaban J connectivity index is 2.50. The predicted molar refractivity (Wildman–Crippen MR) is 74.1 cm³/mol. The topological polar surface area (TPSA) is 84.3 Å². The molecular weight excluding hydrogens is 354 g/mol. The number of aromatic carboxylic acids is 1. The fraction of sp³-hybridized carbons (Fsp3) is 0.0909. The number of thiazole rings is 1. The van der Waals surface area contributed by atoms with Crippen molar-refractivity contribution in [2.45, 2.75) is 10.6 Å². The van der Waals surface area contributed by atoms with Crippen LogP contribution in [-0.4, -0.2) is 24.5 Å². The van der Waals surface area contributed by atoms with E-state index in [1.165, 1.54) is 41.2 Å². The first-order valence-electron chi connectivity index (χ1n) is 5.03. The molecule has 1 aromatic carbocycles. The van der Waals surface area contributed by atoms with Gasteiger partial charge >= 0.3 is 5.97 Å². The normalized spacial score (nSPS) is 11.4. The summed E-state index contributed by atoms with van der Waals surface area (Å²) < 4.78 is 25.1. The van der Waals surface area contributed by atoms with Crippen molar-refractivity contribution in [3.05, 3.63) is 44.8 Å². The van der Waals surface area contributed by atoms with Crippen molar-refractivity contribution in [3.63, 3.8) is 0 Å². The van der Waals surface area contributed by atoms with Crippen LogP contribution in [0.3, 0.4) is 0 Å². The summed E-state index contributed by atoms with van der Waals surface area (Å²) in [7, 11) is -3.72. The van der Waals surface area contributed by atoms with Crippen LogP contribution in [-0.2, 0) is 15.6 Å². The van der Waals surface area contributed by atoms with Gasteiger partial charge in [0.25, 0.3) is 0 Å². The Morgan fingerprint density at radius 3 is 2.74 bits per heavy atom. The summed E-state index contributed by atoms with van der Waals surface area (Å²) in [4.78, 5) is 15.3. The third-order valence-corrected chi connectivity index (χ3v) is 5.48. The van der Waals surface area contributed by atoms with Crippen LogP contribution >= 0.6 is 27.3 Å². The average molecular weight is 362 g/mol. The van der Waals surface area contributed by atoms with Gasteiger partial charge in [0.2, 0.25) is 0 Å². The highest BCUT2D eigenvalue weighted by atomic mass is 79.9. The van der Waals surface area contributed by atoms with E-state index in [0.29, 0.717) is 9.35 Å². The minimum atomic E-state index is -3.72. The van der Waals surface area contributed by atoms with E-state index in [0.717, 1.165) is 0 Å². The van der Waals surface area contributed by atoms with Crippen LogP contribution in [0.2, 0.25) is 0 Å². The van der Waals surface area contributed by atoms with Crippen molar-refractivity contribution in [1.29, 1.82) is 0 Å². The van der Waals surface area contributed by atoms with Crippen LogP contribution in [0, 0.1) is 0 Å². The van der Waals surface area contributed by atoms with E-state index in [1.807, 2.05) is 0 Å². The molecule has 19 heavy (non-hydrogen) atoms. The SMILES string of the molecule is O=C(O)c1ccc(Br)cc1S(=O)(=O)Cc1cncs1. The van der Waals surface area contributed by atoms with Gasteiger partial charge in [0, 0.05) is 15.5 Å².